The minimum absolute atomic E-state index is 0.266. The molecule has 25 heavy (non-hydrogen) atoms. The molecular weight excluding hydrogens is 317 g/mol. The summed E-state index contributed by atoms with van der Waals surface area (Å²) in [5.41, 5.74) is 3.75. The predicted octanol–water partition coefficient (Wildman–Crippen LogP) is 3.86. The van der Waals surface area contributed by atoms with E-state index in [2.05, 4.69) is 16.3 Å². The molecule has 3 aromatic rings. The van der Waals surface area contributed by atoms with Gasteiger partial charge in [0.25, 0.3) is 5.91 Å². The summed E-state index contributed by atoms with van der Waals surface area (Å²) >= 11 is 0. The second-order valence-corrected chi connectivity index (χ2v) is 5.61. The third-order valence-electron chi connectivity index (χ3n) is 3.88. The lowest BCUT2D eigenvalue weighted by molar-refractivity contribution is 0.102. The fourth-order valence-electron chi connectivity index (χ4n) is 2.69. The zero-order valence-corrected chi connectivity index (χ0v) is 13.9. The first-order valence-electron chi connectivity index (χ1n) is 7.70. The van der Waals surface area contributed by atoms with Crippen molar-refractivity contribution in [2.24, 2.45) is 0 Å². The number of rotatable bonds is 3. The summed E-state index contributed by atoms with van der Waals surface area (Å²) in [6, 6.07) is 13.0. The summed E-state index contributed by atoms with van der Waals surface area (Å²) in [5, 5.41) is 7.25. The molecule has 5 heteroatoms. The molecule has 0 saturated heterocycles. The summed E-state index contributed by atoms with van der Waals surface area (Å²) in [5.74, 6) is 1.95. The van der Waals surface area contributed by atoms with E-state index in [9.17, 15) is 9.18 Å². The normalized spacial score (nSPS) is 10.3. The van der Waals surface area contributed by atoms with E-state index in [0.29, 0.717) is 33.9 Å². The maximum Gasteiger partial charge on any atom is 0.259 e. The Balaban J connectivity index is 1.93. The minimum Gasteiger partial charge on any atom is -0.322 e. The van der Waals surface area contributed by atoms with E-state index in [1.807, 2.05) is 0 Å². The molecule has 1 aromatic heterocycles. The van der Waals surface area contributed by atoms with Crippen molar-refractivity contribution in [3.05, 3.63) is 76.9 Å². The number of aromatic nitrogens is 2. The highest BCUT2D eigenvalue weighted by Gasteiger charge is 2.19. The number of aryl methyl sites for hydroxylation is 1. The lowest BCUT2D eigenvalue weighted by atomic mass is 10.1. The van der Waals surface area contributed by atoms with Gasteiger partial charge in [-0.1, -0.05) is 12.0 Å². The molecule has 0 saturated carbocycles. The number of benzene rings is 2. The van der Waals surface area contributed by atoms with Crippen LogP contribution < -0.4 is 5.32 Å². The number of terminal acetylenes is 1. The maximum absolute atomic E-state index is 13.1. The molecule has 0 unspecified atom stereocenters. The van der Waals surface area contributed by atoms with E-state index in [1.165, 1.54) is 12.1 Å². The molecule has 0 spiro atoms. The Morgan fingerprint density at radius 3 is 2.60 bits per heavy atom. The summed E-state index contributed by atoms with van der Waals surface area (Å²) in [7, 11) is 0. The Kier molecular flexibility index (Phi) is 4.36. The van der Waals surface area contributed by atoms with E-state index < -0.39 is 0 Å². The van der Waals surface area contributed by atoms with Crippen LogP contribution in [0.4, 0.5) is 10.1 Å². The van der Waals surface area contributed by atoms with Crippen molar-refractivity contribution < 1.29 is 9.18 Å². The molecule has 3 rings (SSSR count). The molecule has 4 nitrogen and oxygen atoms in total. The lowest BCUT2D eigenvalue weighted by Gasteiger charge is -2.07. The molecule has 0 aliphatic heterocycles. The van der Waals surface area contributed by atoms with Crippen LogP contribution in [0.1, 0.15) is 27.3 Å². The average molecular weight is 333 g/mol. The zero-order valence-electron chi connectivity index (χ0n) is 13.9. The third kappa shape index (κ3) is 3.29. The van der Waals surface area contributed by atoms with Gasteiger partial charge in [0.1, 0.15) is 5.82 Å². The fraction of sp³-hybridized carbons (Fsp3) is 0.100. The number of hydrogen-bond donors (Lipinski definition) is 1. The van der Waals surface area contributed by atoms with Crippen LogP contribution >= 0.6 is 0 Å². The van der Waals surface area contributed by atoms with Crippen molar-refractivity contribution in [2.45, 2.75) is 13.8 Å². The Labute approximate surface area is 145 Å². The molecule has 0 atom stereocenters. The first-order valence-corrected chi connectivity index (χ1v) is 7.70. The van der Waals surface area contributed by atoms with Crippen LogP contribution in [0.2, 0.25) is 0 Å². The van der Waals surface area contributed by atoms with Gasteiger partial charge in [0.05, 0.1) is 22.6 Å². The van der Waals surface area contributed by atoms with Gasteiger partial charge in [-0.15, -0.1) is 6.42 Å². The molecule has 1 N–H and O–H groups in total. The highest BCUT2D eigenvalue weighted by atomic mass is 19.1. The zero-order chi connectivity index (χ0) is 18.0. The van der Waals surface area contributed by atoms with Gasteiger partial charge in [-0.3, -0.25) is 4.79 Å². The number of hydrogen-bond acceptors (Lipinski definition) is 2. The van der Waals surface area contributed by atoms with Crippen LogP contribution in [0.15, 0.2) is 48.5 Å². The molecule has 1 amide bonds. The minimum atomic E-state index is -0.323. The van der Waals surface area contributed by atoms with Crippen molar-refractivity contribution in [3.63, 3.8) is 0 Å². The van der Waals surface area contributed by atoms with Gasteiger partial charge in [-0.25, -0.2) is 9.07 Å². The number of nitrogens with zero attached hydrogens (tertiary/aromatic N) is 2. The molecule has 0 aliphatic carbocycles. The van der Waals surface area contributed by atoms with E-state index in [1.54, 1.807) is 54.9 Å². The van der Waals surface area contributed by atoms with Crippen molar-refractivity contribution >= 4 is 11.6 Å². The van der Waals surface area contributed by atoms with Gasteiger partial charge in [-0.2, -0.15) is 5.10 Å². The number of nitrogens with one attached hydrogen (secondary N) is 1. The Morgan fingerprint density at radius 2 is 1.92 bits per heavy atom. The molecule has 0 radical (unpaired) electrons. The molecule has 0 fully saturated rings. The SMILES string of the molecule is C#Cc1cccc(NC(=O)c2c(C)nn(-c3ccc(F)cc3)c2C)c1. The number of halogens is 1. The third-order valence-corrected chi connectivity index (χ3v) is 3.88. The fourth-order valence-corrected chi connectivity index (χ4v) is 2.69. The van der Waals surface area contributed by atoms with Gasteiger partial charge in [0.2, 0.25) is 0 Å². The summed E-state index contributed by atoms with van der Waals surface area (Å²) in [4.78, 5) is 12.7. The van der Waals surface area contributed by atoms with Crippen molar-refractivity contribution in [1.29, 1.82) is 0 Å². The van der Waals surface area contributed by atoms with E-state index in [0.717, 1.165) is 0 Å². The quantitative estimate of drug-likeness (QED) is 0.740. The highest BCUT2D eigenvalue weighted by molar-refractivity contribution is 6.06. The van der Waals surface area contributed by atoms with Crippen molar-refractivity contribution in [3.8, 4) is 18.0 Å². The van der Waals surface area contributed by atoms with Gasteiger partial charge >= 0.3 is 0 Å². The van der Waals surface area contributed by atoms with Gasteiger partial charge < -0.3 is 5.32 Å². The van der Waals surface area contributed by atoms with Gasteiger partial charge in [-0.05, 0) is 56.3 Å². The predicted molar refractivity (Wildman–Crippen MR) is 95.3 cm³/mol. The largest absolute Gasteiger partial charge is 0.322 e. The highest BCUT2D eigenvalue weighted by Crippen LogP contribution is 2.20. The summed E-state index contributed by atoms with van der Waals surface area (Å²) in [6.07, 6.45) is 5.38. The number of carbonyl (C=O) groups is 1. The first kappa shape index (κ1) is 16.5. The van der Waals surface area contributed by atoms with Crippen molar-refractivity contribution in [2.75, 3.05) is 5.32 Å². The van der Waals surface area contributed by atoms with Crippen LogP contribution in [0, 0.1) is 32.0 Å². The van der Waals surface area contributed by atoms with E-state index in [4.69, 9.17) is 6.42 Å². The Hall–Kier alpha value is -3.39. The summed E-state index contributed by atoms with van der Waals surface area (Å²) < 4.78 is 14.7. The number of amides is 1. The monoisotopic (exact) mass is 333 g/mol. The summed E-state index contributed by atoms with van der Waals surface area (Å²) in [6.45, 7) is 3.57. The second-order valence-electron chi connectivity index (χ2n) is 5.61. The lowest BCUT2D eigenvalue weighted by Crippen LogP contribution is -2.14. The van der Waals surface area contributed by atoms with E-state index >= 15 is 0 Å². The van der Waals surface area contributed by atoms with Gasteiger partial charge in [0, 0.05) is 11.3 Å². The smallest absolute Gasteiger partial charge is 0.259 e. The Bertz CT molecular complexity index is 981. The average Bonchev–Trinajstić information content (AvgIpc) is 2.90. The van der Waals surface area contributed by atoms with Crippen LogP contribution in [-0.4, -0.2) is 15.7 Å². The molecule has 0 bridgehead atoms. The molecular formula is C20H16FN3O. The maximum atomic E-state index is 13.1. The van der Waals surface area contributed by atoms with Crippen LogP contribution in [0.5, 0.6) is 0 Å². The van der Waals surface area contributed by atoms with Crippen LogP contribution in [-0.2, 0) is 0 Å². The van der Waals surface area contributed by atoms with Crippen LogP contribution in [0.25, 0.3) is 5.69 Å². The van der Waals surface area contributed by atoms with Crippen LogP contribution in [0.3, 0.4) is 0 Å². The molecule has 2 aromatic carbocycles. The standard InChI is InChI=1S/C20H16FN3O/c1-4-15-6-5-7-17(12-15)22-20(25)19-13(2)23-24(14(19)3)18-10-8-16(21)9-11-18/h1,5-12H,2-3H3,(H,22,25). The van der Waals surface area contributed by atoms with Gasteiger partial charge in [0.15, 0.2) is 0 Å². The van der Waals surface area contributed by atoms with Crippen molar-refractivity contribution in [1.82, 2.24) is 9.78 Å². The number of anilines is 1. The first-order chi connectivity index (χ1) is 12.0. The second kappa shape index (κ2) is 6.62. The molecule has 0 aliphatic rings. The molecule has 124 valence electrons. The van der Waals surface area contributed by atoms with E-state index in [-0.39, 0.29) is 11.7 Å². The number of carbonyl (C=O) groups excluding carboxylic acids is 1. The topological polar surface area (TPSA) is 46.9 Å². The molecule has 1 heterocycles. The Morgan fingerprint density at radius 1 is 1.20 bits per heavy atom.